The summed E-state index contributed by atoms with van der Waals surface area (Å²) in [4.78, 5) is 4.30. The van der Waals surface area contributed by atoms with Crippen LogP contribution in [0.5, 0.6) is 0 Å². The molecule has 1 aromatic heterocycles. The smallest absolute Gasteiger partial charge is 0.0606 e. The van der Waals surface area contributed by atoms with Crippen LogP contribution in [-0.2, 0) is 6.42 Å². The molecular formula is C10H16N2. The van der Waals surface area contributed by atoms with Gasteiger partial charge in [0.25, 0.3) is 0 Å². The quantitative estimate of drug-likeness (QED) is 0.725. The van der Waals surface area contributed by atoms with Gasteiger partial charge in [-0.15, -0.1) is 0 Å². The summed E-state index contributed by atoms with van der Waals surface area (Å²) in [6.45, 7) is 6.30. The lowest BCUT2D eigenvalue weighted by molar-refractivity contribution is 1.05. The Bertz CT molecular complexity index is 250. The molecule has 0 unspecified atom stereocenters. The van der Waals surface area contributed by atoms with Crippen LogP contribution >= 0.6 is 0 Å². The second-order valence-corrected chi connectivity index (χ2v) is 2.98. The zero-order valence-corrected chi connectivity index (χ0v) is 8.23. The zero-order valence-electron chi connectivity index (χ0n) is 8.23. The second-order valence-electron chi connectivity index (χ2n) is 2.98. The van der Waals surface area contributed by atoms with Crippen LogP contribution in [0.15, 0.2) is 6.20 Å². The average Bonchev–Trinajstić information content (AvgIpc) is 2.08. The highest BCUT2D eigenvalue weighted by molar-refractivity contribution is 5.56. The molecule has 0 radical (unpaired) electrons. The molecule has 0 atom stereocenters. The zero-order chi connectivity index (χ0) is 9.14. The first kappa shape index (κ1) is 9.04. The molecule has 0 bridgehead atoms. The minimum Gasteiger partial charge on any atom is -0.386 e. The number of hydrogen-bond acceptors (Lipinski definition) is 2. The Hall–Kier alpha value is -1.05. The van der Waals surface area contributed by atoms with E-state index in [4.69, 9.17) is 0 Å². The Kier molecular flexibility index (Phi) is 2.69. The fraction of sp³-hybridized carbons (Fsp3) is 0.500. The lowest BCUT2D eigenvalue weighted by Crippen LogP contribution is -2.01. The molecule has 0 amide bonds. The molecule has 2 nitrogen and oxygen atoms in total. The van der Waals surface area contributed by atoms with Crippen molar-refractivity contribution in [3.63, 3.8) is 0 Å². The number of pyridine rings is 1. The third-order valence-electron chi connectivity index (χ3n) is 2.19. The van der Waals surface area contributed by atoms with Gasteiger partial charge < -0.3 is 5.32 Å². The van der Waals surface area contributed by atoms with E-state index in [1.165, 1.54) is 16.8 Å². The molecule has 0 saturated heterocycles. The maximum Gasteiger partial charge on any atom is 0.0606 e. The van der Waals surface area contributed by atoms with E-state index >= 15 is 0 Å². The van der Waals surface area contributed by atoms with Gasteiger partial charge in [0.15, 0.2) is 0 Å². The Labute approximate surface area is 74.0 Å². The molecule has 66 valence electrons. The van der Waals surface area contributed by atoms with Crippen molar-refractivity contribution < 1.29 is 0 Å². The van der Waals surface area contributed by atoms with E-state index in [9.17, 15) is 0 Å². The Morgan fingerprint density at radius 3 is 2.50 bits per heavy atom. The third-order valence-corrected chi connectivity index (χ3v) is 2.19. The molecule has 12 heavy (non-hydrogen) atoms. The van der Waals surface area contributed by atoms with Crippen LogP contribution in [0.3, 0.4) is 0 Å². The van der Waals surface area contributed by atoms with Crippen molar-refractivity contribution in [1.82, 2.24) is 4.98 Å². The van der Waals surface area contributed by atoms with Gasteiger partial charge in [0.2, 0.25) is 0 Å². The number of aryl methyl sites for hydroxylation is 2. The molecule has 0 spiro atoms. The maximum atomic E-state index is 4.30. The fourth-order valence-electron chi connectivity index (χ4n) is 1.54. The number of nitrogens with one attached hydrogen (secondary N) is 1. The molecule has 1 heterocycles. The highest BCUT2D eigenvalue weighted by atomic mass is 14.9. The fourth-order valence-corrected chi connectivity index (χ4v) is 1.54. The van der Waals surface area contributed by atoms with E-state index < -0.39 is 0 Å². The largest absolute Gasteiger partial charge is 0.386 e. The SMILES string of the molecule is CCc1c(C)cnc(C)c1NC. The van der Waals surface area contributed by atoms with Crippen LogP contribution in [0.2, 0.25) is 0 Å². The van der Waals surface area contributed by atoms with Crippen LogP contribution in [0, 0.1) is 13.8 Å². The summed E-state index contributed by atoms with van der Waals surface area (Å²) >= 11 is 0. The molecule has 0 aliphatic carbocycles. The van der Waals surface area contributed by atoms with E-state index in [2.05, 4.69) is 24.1 Å². The molecule has 1 aromatic rings. The molecule has 0 aliphatic rings. The highest BCUT2D eigenvalue weighted by Gasteiger charge is 2.05. The van der Waals surface area contributed by atoms with Gasteiger partial charge in [0, 0.05) is 13.2 Å². The molecule has 2 heteroatoms. The summed E-state index contributed by atoms with van der Waals surface area (Å²) in [5.74, 6) is 0. The van der Waals surface area contributed by atoms with Crippen LogP contribution in [0.25, 0.3) is 0 Å². The Balaban J connectivity index is 3.28. The van der Waals surface area contributed by atoms with E-state index in [1.807, 2.05) is 20.2 Å². The van der Waals surface area contributed by atoms with E-state index in [0.29, 0.717) is 0 Å². The van der Waals surface area contributed by atoms with Crippen molar-refractivity contribution in [1.29, 1.82) is 0 Å². The van der Waals surface area contributed by atoms with Crippen LogP contribution < -0.4 is 5.32 Å². The van der Waals surface area contributed by atoms with Gasteiger partial charge >= 0.3 is 0 Å². The van der Waals surface area contributed by atoms with Crippen LogP contribution in [-0.4, -0.2) is 12.0 Å². The van der Waals surface area contributed by atoms with Crippen molar-refractivity contribution in [2.45, 2.75) is 27.2 Å². The highest BCUT2D eigenvalue weighted by Crippen LogP contribution is 2.21. The Morgan fingerprint density at radius 1 is 1.42 bits per heavy atom. The normalized spacial score (nSPS) is 10.0. The van der Waals surface area contributed by atoms with Gasteiger partial charge in [0.05, 0.1) is 11.4 Å². The summed E-state index contributed by atoms with van der Waals surface area (Å²) in [6.07, 6.45) is 3.00. The predicted molar refractivity (Wildman–Crippen MR) is 52.6 cm³/mol. The summed E-state index contributed by atoms with van der Waals surface area (Å²) in [6, 6.07) is 0. The van der Waals surface area contributed by atoms with Crippen molar-refractivity contribution in [3.05, 3.63) is 23.0 Å². The molecule has 1 N–H and O–H groups in total. The summed E-state index contributed by atoms with van der Waals surface area (Å²) in [5, 5.41) is 3.19. The summed E-state index contributed by atoms with van der Waals surface area (Å²) in [7, 11) is 1.95. The molecule has 0 saturated carbocycles. The third kappa shape index (κ3) is 1.42. The predicted octanol–water partition coefficient (Wildman–Crippen LogP) is 2.30. The van der Waals surface area contributed by atoms with E-state index in [0.717, 1.165) is 12.1 Å². The molecule has 0 aromatic carbocycles. The summed E-state index contributed by atoms with van der Waals surface area (Å²) in [5.41, 5.74) is 4.93. The first-order valence-corrected chi connectivity index (χ1v) is 4.33. The standard InChI is InChI=1S/C10H16N2/c1-5-9-7(2)6-12-8(3)10(9)11-4/h6,11H,5H2,1-4H3. The van der Waals surface area contributed by atoms with Gasteiger partial charge in [0.1, 0.15) is 0 Å². The first-order valence-electron chi connectivity index (χ1n) is 4.33. The lowest BCUT2D eigenvalue weighted by atomic mass is 10.1. The molecule has 1 rings (SSSR count). The topological polar surface area (TPSA) is 24.9 Å². The minimum absolute atomic E-state index is 1.06. The van der Waals surface area contributed by atoms with Crippen LogP contribution in [0.4, 0.5) is 5.69 Å². The van der Waals surface area contributed by atoms with Crippen molar-refractivity contribution in [2.24, 2.45) is 0 Å². The van der Waals surface area contributed by atoms with Crippen molar-refractivity contribution in [3.8, 4) is 0 Å². The molecular weight excluding hydrogens is 148 g/mol. The van der Waals surface area contributed by atoms with Crippen molar-refractivity contribution >= 4 is 5.69 Å². The number of hydrogen-bond donors (Lipinski definition) is 1. The molecule has 0 aliphatic heterocycles. The number of nitrogens with zero attached hydrogens (tertiary/aromatic N) is 1. The molecule has 0 fully saturated rings. The average molecular weight is 164 g/mol. The number of aromatic nitrogens is 1. The van der Waals surface area contributed by atoms with Gasteiger partial charge in [-0.25, -0.2) is 0 Å². The maximum absolute atomic E-state index is 4.30. The lowest BCUT2D eigenvalue weighted by Gasteiger charge is -2.12. The van der Waals surface area contributed by atoms with E-state index in [-0.39, 0.29) is 0 Å². The number of rotatable bonds is 2. The monoisotopic (exact) mass is 164 g/mol. The second kappa shape index (κ2) is 3.57. The summed E-state index contributed by atoms with van der Waals surface area (Å²) < 4.78 is 0. The number of anilines is 1. The van der Waals surface area contributed by atoms with Crippen molar-refractivity contribution in [2.75, 3.05) is 12.4 Å². The Morgan fingerprint density at radius 2 is 2.08 bits per heavy atom. The minimum atomic E-state index is 1.06. The van der Waals surface area contributed by atoms with Gasteiger partial charge in [-0.05, 0) is 31.4 Å². The van der Waals surface area contributed by atoms with Gasteiger partial charge in [-0.2, -0.15) is 0 Å². The first-order chi connectivity index (χ1) is 5.70. The van der Waals surface area contributed by atoms with Gasteiger partial charge in [-0.1, -0.05) is 6.92 Å². The van der Waals surface area contributed by atoms with E-state index in [1.54, 1.807) is 0 Å². The van der Waals surface area contributed by atoms with Crippen LogP contribution in [0.1, 0.15) is 23.7 Å². The van der Waals surface area contributed by atoms with Gasteiger partial charge in [-0.3, -0.25) is 4.98 Å².